The number of hydrogen-bond acceptors (Lipinski definition) is 7. The number of carbonyl (C=O) groups is 1. The van der Waals surface area contributed by atoms with Crippen LogP contribution in [0.15, 0.2) is 10.7 Å². The number of rotatable bonds is 7. The van der Waals surface area contributed by atoms with Gasteiger partial charge < -0.3 is 5.32 Å². The van der Waals surface area contributed by atoms with E-state index in [1.807, 2.05) is 6.92 Å². The van der Waals surface area contributed by atoms with Gasteiger partial charge in [0.2, 0.25) is 10.0 Å². The third-order valence-electron chi connectivity index (χ3n) is 2.73. The van der Waals surface area contributed by atoms with E-state index >= 15 is 0 Å². The van der Waals surface area contributed by atoms with E-state index in [4.69, 9.17) is 0 Å². The summed E-state index contributed by atoms with van der Waals surface area (Å²) in [5.74, 6) is -0.752. The van der Waals surface area contributed by atoms with Crippen molar-refractivity contribution in [2.75, 3.05) is 18.1 Å². The average Bonchev–Trinajstić information content (AvgIpc) is 2.39. The molecule has 8 nitrogen and oxygen atoms in total. The lowest BCUT2D eigenvalue weighted by atomic mass is 10.3. The fraction of sp³-hybridized carbons (Fsp3) is 0.727. The van der Waals surface area contributed by atoms with Crippen LogP contribution in [0.5, 0.6) is 0 Å². The highest BCUT2D eigenvalue weighted by molar-refractivity contribution is 8.03. The molecule has 1 fully saturated rings. The fourth-order valence-electron chi connectivity index (χ4n) is 1.70. The summed E-state index contributed by atoms with van der Waals surface area (Å²) in [4.78, 5) is 22.1. The molecule has 1 amide bonds. The molecule has 0 aromatic carbocycles. The molecule has 120 valence electrons. The summed E-state index contributed by atoms with van der Waals surface area (Å²) < 4.78 is 25.2. The van der Waals surface area contributed by atoms with E-state index in [1.165, 1.54) is 0 Å². The summed E-state index contributed by atoms with van der Waals surface area (Å²) in [6.45, 7) is 2.45. The van der Waals surface area contributed by atoms with Crippen LogP contribution in [-0.2, 0) is 14.8 Å². The molecule has 0 spiro atoms. The van der Waals surface area contributed by atoms with Gasteiger partial charge in [-0.05, 0) is 12.8 Å². The second-order valence-corrected chi connectivity index (χ2v) is 7.47. The van der Waals surface area contributed by atoms with Crippen LogP contribution in [0.25, 0.3) is 0 Å². The largest absolute Gasteiger partial charge is 0.374 e. The Morgan fingerprint density at radius 3 is 2.71 bits per heavy atom. The van der Waals surface area contributed by atoms with Gasteiger partial charge in [-0.1, -0.05) is 19.8 Å². The number of carbonyl (C=O) groups excluding carboxylic acids is 1. The Morgan fingerprint density at radius 1 is 1.48 bits per heavy atom. The monoisotopic (exact) mass is 337 g/mol. The molecule has 1 heterocycles. The van der Waals surface area contributed by atoms with Crippen LogP contribution in [0.4, 0.5) is 0 Å². The minimum absolute atomic E-state index is 0.118. The van der Waals surface area contributed by atoms with E-state index in [-0.39, 0.29) is 10.8 Å². The van der Waals surface area contributed by atoms with Gasteiger partial charge >= 0.3 is 11.6 Å². The number of nitrogens with one attached hydrogen (secondary N) is 2. The van der Waals surface area contributed by atoms with Crippen LogP contribution in [0.1, 0.15) is 32.6 Å². The molecule has 1 aliphatic heterocycles. The first-order chi connectivity index (χ1) is 9.87. The van der Waals surface area contributed by atoms with Crippen molar-refractivity contribution < 1.29 is 18.1 Å². The molecule has 21 heavy (non-hydrogen) atoms. The first kappa shape index (κ1) is 17.8. The summed E-state index contributed by atoms with van der Waals surface area (Å²) in [5.41, 5.74) is -0.737. The number of sulfonamides is 1. The quantitative estimate of drug-likeness (QED) is 0.305. The van der Waals surface area contributed by atoms with Gasteiger partial charge in [0.1, 0.15) is 0 Å². The van der Waals surface area contributed by atoms with Crippen molar-refractivity contribution in [3.63, 3.8) is 0 Å². The molecule has 0 unspecified atom stereocenters. The van der Waals surface area contributed by atoms with Gasteiger partial charge in [-0.3, -0.25) is 14.9 Å². The number of nitrogens with zero attached hydrogens (tertiary/aromatic N) is 1. The number of amides is 1. The number of unbranched alkanes of at least 4 members (excludes halogenated alkanes) is 2. The predicted molar refractivity (Wildman–Crippen MR) is 80.6 cm³/mol. The first-order valence-electron chi connectivity index (χ1n) is 6.67. The van der Waals surface area contributed by atoms with Gasteiger partial charge in [0.15, 0.2) is 5.03 Å². The van der Waals surface area contributed by atoms with Gasteiger partial charge in [0, 0.05) is 12.3 Å². The third kappa shape index (κ3) is 5.92. The van der Waals surface area contributed by atoms with Crippen molar-refractivity contribution in [2.24, 2.45) is 0 Å². The summed E-state index contributed by atoms with van der Waals surface area (Å²) in [5, 5.41) is 13.9. The zero-order valence-electron chi connectivity index (χ0n) is 11.8. The Hall–Kier alpha value is -1.29. The maximum Gasteiger partial charge on any atom is 0.363 e. The van der Waals surface area contributed by atoms with E-state index < -0.39 is 26.6 Å². The Labute approximate surface area is 127 Å². The third-order valence-corrected chi connectivity index (χ3v) is 5.17. The topological polar surface area (TPSA) is 118 Å². The molecular weight excluding hydrogens is 318 g/mol. The van der Waals surface area contributed by atoms with Crippen LogP contribution < -0.4 is 10.0 Å². The van der Waals surface area contributed by atoms with Gasteiger partial charge in [-0.2, -0.15) is 0 Å². The molecule has 2 N–H and O–H groups in total. The minimum Gasteiger partial charge on any atom is -0.374 e. The van der Waals surface area contributed by atoms with Crippen LogP contribution in [-0.4, -0.2) is 37.3 Å². The van der Waals surface area contributed by atoms with Crippen LogP contribution in [0.2, 0.25) is 0 Å². The molecule has 0 saturated carbocycles. The molecule has 10 heteroatoms. The van der Waals surface area contributed by atoms with Crippen molar-refractivity contribution in [3.05, 3.63) is 20.8 Å². The van der Waals surface area contributed by atoms with E-state index in [9.17, 15) is 23.3 Å². The van der Waals surface area contributed by atoms with E-state index in [0.29, 0.717) is 18.7 Å². The van der Waals surface area contributed by atoms with Crippen molar-refractivity contribution >= 4 is 27.7 Å². The molecular formula is C11H19N3O5S2. The average molecular weight is 337 g/mol. The van der Waals surface area contributed by atoms with E-state index in [0.717, 1.165) is 31.0 Å². The maximum absolute atomic E-state index is 11.9. The summed E-state index contributed by atoms with van der Waals surface area (Å²) in [7, 11) is -3.85. The second kappa shape index (κ2) is 8.23. The van der Waals surface area contributed by atoms with Crippen molar-refractivity contribution in [3.8, 4) is 0 Å². The zero-order chi connectivity index (χ0) is 15.9. The Bertz CT molecular complexity index is 522. The van der Waals surface area contributed by atoms with Gasteiger partial charge in [-0.15, -0.1) is 11.8 Å². The standard InChI is InChI=1S/C11H19N3O5S2/c1-2-3-4-8-21(18,19)13-10(15)9(14(16)17)11-12-6-5-7-20-11/h12H,2-8H2,1H3,(H,13,15)/b11-9-. The maximum atomic E-state index is 11.9. The Morgan fingerprint density at radius 2 is 2.19 bits per heavy atom. The minimum atomic E-state index is -3.85. The summed E-state index contributed by atoms with van der Waals surface area (Å²) in [6.07, 6.45) is 2.80. The van der Waals surface area contributed by atoms with Gasteiger partial charge in [0.25, 0.3) is 0 Å². The molecule has 0 aromatic rings. The van der Waals surface area contributed by atoms with E-state index in [2.05, 4.69) is 5.32 Å². The van der Waals surface area contributed by atoms with Crippen molar-refractivity contribution in [2.45, 2.75) is 32.6 Å². The summed E-state index contributed by atoms with van der Waals surface area (Å²) >= 11 is 1.15. The highest BCUT2D eigenvalue weighted by Crippen LogP contribution is 2.22. The highest BCUT2D eigenvalue weighted by Gasteiger charge is 2.32. The van der Waals surface area contributed by atoms with Crippen molar-refractivity contribution in [1.29, 1.82) is 0 Å². The molecule has 1 rings (SSSR count). The molecule has 0 atom stereocenters. The lowest BCUT2D eigenvalue weighted by molar-refractivity contribution is -0.419. The smallest absolute Gasteiger partial charge is 0.363 e. The molecule has 1 saturated heterocycles. The Kier molecular flexibility index (Phi) is 6.96. The SMILES string of the molecule is CCCCCS(=O)(=O)NC(=O)/C(=C1\NCCCS1)[N+](=O)[O-]. The zero-order valence-corrected chi connectivity index (χ0v) is 13.4. The molecule has 0 bridgehead atoms. The van der Waals surface area contributed by atoms with Crippen LogP contribution in [0, 0.1) is 10.1 Å². The second-order valence-electron chi connectivity index (χ2n) is 4.52. The normalized spacial score (nSPS) is 17.8. The highest BCUT2D eigenvalue weighted by atomic mass is 32.2. The fourth-order valence-corrected chi connectivity index (χ4v) is 3.77. The Balaban J connectivity index is 2.81. The van der Waals surface area contributed by atoms with Crippen molar-refractivity contribution in [1.82, 2.24) is 10.0 Å². The number of hydrogen-bond donors (Lipinski definition) is 2. The summed E-state index contributed by atoms with van der Waals surface area (Å²) in [6, 6.07) is 0. The van der Waals surface area contributed by atoms with Gasteiger partial charge in [-0.25, -0.2) is 13.1 Å². The lowest BCUT2D eigenvalue weighted by Gasteiger charge is -2.15. The molecule has 1 aliphatic rings. The van der Waals surface area contributed by atoms with Crippen LogP contribution >= 0.6 is 11.8 Å². The molecule has 0 aromatic heterocycles. The van der Waals surface area contributed by atoms with E-state index in [1.54, 1.807) is 4.72 Å². The lowest BCUT2D eigenvalue weighted by Crippen LogP contribution is -2.37. The predicted octanol–water partition coefficient (Wildman–Crippen LogP) is 0.795. The van der Waals surface area contributed by atoms with Crippen LogP contribution in [0.3, 0.4) is 0 Å². The van der Waals surface area contributed by atoms with Gasteiger partial charge in [0.05, 0.1) is 10.7 Å². The first-order valence-corrected chi connectivity index (χ1v) is 9.31. The molecule has 0 radical (unpaired) electrons. The molecule has 0 aliphatic carbocycles. The number of nitro groups is 1. The number of thioether (sulfide) groups is 1.